The molecule has 0 atom stereocenters. The Hall–Kier alpha value is -1.96. The lowest BCUT2D eigenvalue weighted by Gasteiger charge is -2.38. The SMILES string of the molecule is CCNC(=O)CCN1CC(n2cc(C(=O)O)nn2)C1. The molecule has 19 heavy (non-hydrogen) atoms. The molecule has 0 bridgehead atoms. The fourth-order valence-electron chi connectivity index (χ4n) is 1.99. The van der Waals surface area contributed by atoms with Crippen LogP contribution in [0.4, 0.5) is 0 Å². The van der Waals surface area contributed by atoms with Gasteiger partial charge in [0.1, 0.15) is 0 Å². The van der Waals surface area contributed by atoms with Crippen molar-refractivity contribution in [2.75, 3.05) is 26.2 Å². The molecule has 1 amide bonds. The number of nitrogens with one attached hydrogen (secondary N) is 1. The van der Waals surface area contributed by atoms with Crippen molar-refractivity contribution >= 4 is 11.9 Å². The number of rotatable bonds is 6. The summed E-state index contributed by atoms with van der Waals surface area (Å²) in [6.07, 6.45) is 1.92. The van der Waals surface area contributed by atoms with Crippen LogP contribution in [0.15, 0.2) is 6.20 Å². The first kappa shape index (κ1) is 13.5. The van der Waals surface area contributed by atoms with E-state index in [0.717, 1.165) is 13.1 Å². The van der Waals surface area contributed by atoms with E-state index in [-0.39, 0.29) is 17.6 Å². The fourth-order valence-corrected chi connectivity index (χ4v) is 1.99. The van der Waals surface area contributed by atoms with Crippen LogP contribution in [0.1, 0.15) is 29.9 Å². The summed E-state index contributed by atoms with van der Waals surface area (Å²) >= 11 is 0. The average Bonchev–Trinajstić information content (AvgIpc) is 2.76. The van der Waals surface area contributed by atoms with Crippen LogP contribution in [-0.2, 0) is 4.79 Å². The van der Waals surface area contributed by atoms with E-state index in [1.54, 1.807) is 4.68 Å². The second-order valence-corrected chi connectivity index (χ2v) is 4.51. The minimum absolute atomic E-state index is 0.0410. The molecule has 1 saturated heterocycles. The molecule has 104 valence electrons. The molecule has 0 aromatic carbocycles. The number of aromatic carboxylic acids is 1. The molecule has 0 saturated carbocycles. The Morgan fingerprint density at radius 2 is 2.26 bits per heavy atom. The summed E-state index contributed by atoms with van der Waals surface area (Å²) in [7, 11) is 0. The maximum atomic E-state index is 11.3. The van der Waals surface area contributed by atoms with Crippen LogP contribution >= 0.6 is 0 Å². The number of aromatic nitrogens is 3. The van der Waals surface area contributed by atoms with Gasteiger partial charge in [-0.3, -0.25) is 9.69 Å². The van der Waals surface area contributed by atoms with Gasteiger partial charge in [0.2, 0.25) is 5.91 Å². The highest BCUT2D eigenvalue weighted by molar-refractivity contribution is 5.84. The zero-order valence-corrected chi connectivity index (χ0v) is 10.7. The number of carboxylic acid groups (broad SMARTS) is 1. The Balaban J connectivity index is 1.73. The van der Waals surface area contributed by atoms with Crippen molar-refractivity contribution in [2.45, 2.75) is 19.4 Å². The van der Waals surface area contributed by atoms with Crippen LogP contribution in [0.2, 0.25) is 0 Å². The fraction of sp³-hybridized carbons (Fsp3) is 0.636. The summed E-state index contributed by atoms with van der Waals surface area (Å²) in [5, 5.41) is 18.9. The minimum Gasteiger partial charge on any atom is -0.476 e. The van der Waals surface area contributed by atoms with Crippen molar-refractivity contribution < 1.29 is 14.7 Å². The van der Waals surface area contributed by atoms with Gasteiger partial charge in [-0.15, -0.1) is 5.10 Å². The number of carbonyl (C=O) groups is 2. The monoisotopic (exact) mass is 267 g/mol. The second-order valence-electron chi connectivity index (χ2n) is 4.51. The van der Waals surface area contributed by atoms with Gasteiger partial charge in [-0.1, -0.05) is 5.21 Å². The number of nitrogens with zero attached hydrogens (tertiary/aromatic N) is 4. The van der Waals surface area contributed by atoms with Crippen LogP contribution in [0.3, 0.4) is 0 Å². The zero-order valence-electron chi connectivity index (χ0n) is 10.7. The maximum absolute atomic E-state index is 11.3. The van der Waals surface area contributed by atoms with Gasteiger partial charge < -0.3 is 10.4 Å². The summed E-state index contributed by atoms with van der Waals surface area (Å²) in [5.41, 5.74) is -0.0410. The van der Waals surface area contributed by atoms with Crippen molar-refractivity contribution in [3.8, 4) is 0 Å². The predicted molar refractivity (Wildman–Crippen MR) is 65.8 cm³/mol. The molecule has 1 aliphatic rings. The third-order valence-corrected chi connectivity index (χ3v) is 3.07. The van der Waals surface area contributed by atoms with Crippen molar-refractivity contribution in [2.24, 2.45) is 0 Å². The van der Waals surface area contributed by atoms with E-state index in [0.29, 0.717) is 19.5 Å². The lowest BCUT2D eigenvalue weighted by Crippen LogP contribution is -2.48. The summed E-state index contributed by atoms with van der Waals surface area (Å²) < 4.78 is 1.58. The number of likely N-dealkylation sites (tertiary alicyclic amines) is 1. The molecule has 0 aliphatic carbocycles. The van der Waals surface area contributed by atoms with E-state index in [1.165, 1.54) is 6.20 Å². The van der Waals surface area contributed by atoms with Crippen LogP contribution < -0.4 is 5.32 Å². The first-order chi connectivity index (χ1) is 9.10. The number of carboxylic acids is 1. The Bertz CT molecular complexity index is 467. The highest BCUT2D eigenvalue weighted by Crippen LogP contribution is 2.20. The van der Waals surface area contributed by atoms with Gasteiger partial charge in [0, 0.05) is 32.6 Å². The molecule has 0 spiro atoms. The quantitative estimate of drug-likeness (QED) is 0.711. The van der Waals surface area contributed by atoms with E-state index >= 15 is 0 Å². The minimum atomic E-state index is -1.07. The van der Waals surface area contributed by atoms with Crippen LogP contribution in [0, 0.1) is 0 Å². The van der Waals surface area contributed by atoms with E-state index in [2.05, 4.69) is 20.5 Å². The zero-order chi connectivity index (χ0) is 13.8. The van der Waals surface area contributed by atoms with E-state index in [4.69, 9.17) is 5.11 Å². The molecule has 1 aliphatic heterocycles. The third kappa shape index (κ3) is 3.28. The lowest BCUT2D eigenvalue weighted by atomic mass is 10.1. The van der Waals surface area contributed by atoms with Gasteiger partial charge in [-0.25, -0.2) is 9.48 Å². The molecule has 1 aromatic heterocycles. The molecular formula is C11H17N5O3. The smallest absolute Gasteiger partial charge is 0.358 e. The largest absolute Gasteiger partial charge is 0.476 e. The summed E-state index contributed by atoms with van der Waals surface area (Å²) in [6, 6.07) is 0.148. The lowest BCUT2D eigenvalue weighted by molar-refractivity contribution is -0.121. The van der Waals surface area contributed by atoms with E-state index in [9.17, 15) is 9.59 Å². The molecule has 1 fully saturated rings. The molecule has 2 heterocycles. The van der Waals surface area contributed by atoms with Crippen molar-refractivity contribution in [1.29, 1.82) is 0 Å². The molecular weight excluding hydrogens is 250 g/mol. The van der Waals surface area contributed by atoms with E-state index < -0.39 is 5.97 Å². The van der Waals surface area contributed by atoms with Gasteiger partial charge in [0.25, 0.3) is 0 Å². The molecule has 2 rings (SSSR count). The van der Waals surface area contributed by atoms with Crippen LogP contribution in [-0.4, -0.2) is 63.1 Å². The van der Waals surface area contributed by atoms with Crippen molar-refractivity contribution in [1.82, 2.24) is 25.2 Å². The Morgan fingerprint density at radius 3 is 2.84 bits per heavy atom. The van der Waals surface area contributed by atoms with Gasteiger partial charge in [0.15, 0.2) is 5.69 Å². The van der Waals surface area contributed by atoms with Gasteiger partial charge >= 0.3 is 5.97 Å². The molecule has 1 aromatic rings. The molecule has 8 heteroatoms. The normalized spacial score (nSPS) is 16.1. The van der Waals surface area contributed by atoms with Crippen LogP contribution in [0.5, 0.6) is 0 Å². The standard InChI is InChI=1S/C11H17N5O3/c1-2-12-10(17)3-4-15-5-8(6-15)16-7-9(11(18)19)13-14-16/h7-8H,2-6H2,1H3,(H,12,17)(H,18,19). The summed E-state index contributed by atoms with van der Waals surface area (Å²) in [4.78, 5) is 24.1. The first-order valence-corrected chi connectivity index (χ1v) is 6.24. The Labute approximate surface area is 110 Å². The summed E-state index contributed by atoms with van der Waals surface area (Å²) in [5.74, 6) is -1.02. The average molecular weight is 267 g/mol. The van der Waals surface area contributed by atoms with Crippen molar-refractivity contribution in [3.63, 3.8) is 0 Å². The number of hydrogen-bond donors (Lipinski definition) is 2. The van der Waals surface area contributed by atoms with E-state index in [1.807, 2.05) is 6.92 Å². The first-order valence-electron chi connectivity index (χ1n) is 6.24. The van der Waals surface area contributed by atoms with Crippen LogP contribution in [0.25, 0.3) is 0 Å². The number of amides is 1. The topological polar surface area (TPSA) is 100 Å². The van der Waals surface area contributed by atoms with Gasteiger partial charge in [-0.05, 0) is 6.92 Å². The Kier molecular flexibility index (Phi) is 4.10. The predicted octanol–water partition coefficient (Wildman–Crippen LogP) is -0.641. The highest BCUT2D eigenvalue weighted by Gasteiger charge is 2.29. The third-order valence-electron chi connectivity index (χ3n) is 3.07. The summed E-state index contributed by atoms with van der Waals surface area (Å²) in [6.45, 7) is 4.78. The van der Waals surface area contributed by atoms with Gasteiger partial charge in [0.05, 0.1) is 12.2 Å². The highest BCUT2D eigenvalue weighted by atomic mass is 16.4. The molecule has 0 unspecified atom stereocenters. The maximum Gasteiger partial charge on any atom is 0.358 e. The Morgan fingerprint density at radius 1 is 1.53 bits per heavy atom. The molecule has 8 nitrogen and oxygen atoms in total. The van der Waals surface area contributed by atoms with Crippen molar-refractivity contribution in [3.05, 3.63) is 11.9 Å². The number of hydrogen-bond acceptors (Lipinski definition) is 5. The second kappa shape index (κ2) is 5.79. The molecule has 2 N–H and O–H groups in total. The van der Waals surface area contributed by atoms with Gasteiger partial charge in [-0.2, -0.15) is 0 Å². The number of carbonyl (C=O) groups excluding carboxylic acids is 1. The molecule has 0 radical (unpaired) electrons.